The molecule has 5 heteroatoms. The van der Waals surface area contributed by atoms with Gasteiger partial charge in [-0.15, -0.1) is 0 Å². The predicted octanol–water partition coefficient (Wildman–Crippen LogP) is 2.76. The van der Waals surface area contributed by atoms with Gasteiger partial charge >= 0.3 is 0 Å². The lowest BCUT2D eigenvalue weighted by atomic mass is 9.84. The molecular weight excluding hydrogens is 332 g/mol. The number of ketones is 1. The lowest BCUT2D eigenvalue weighted by Gasteiger charge is -2.42. The Morgan fingerprint density at radius 2 is 2.19 bits per heavy atom. The minimum atomic E-state index is 0.0940. The summed E-state index contributed by atoms with van der Waals surface area (Å²) in [6.07, 6.45) is 2.50. The fraction of sp³-hybridized carbons (Fsp3) is 0.500. The molecule has 0 aliphatic carbocycles. The molecule has 1 amide bonds. The summed E-state index contributed by atoms with van der Waals surface area (Å²) in [4.78, 5) is 25.6. The van der Waals surface area contributed by atoms with E-state index in [1.807, 2.05) is 18.2 Å². The molecule has 1 aromatic rings. The van der Waals surface area contributed by atoms with E-state index in [1.54, 1.807) is 6.92 Å². The zero-order valence-electron chi connectivity index (χ0n) is 12.1. The van der Waals surface area contributed by atoms with Crippen LogP contribution in [0.1, 0.15) is 36.5 Å². The molecule has 1 N–H and O–H groups in total. The van der Waals surface area contributed by atoms with Crippen LogP contribution in [0.15, 0.2) is 22.7 Å². The van der Waals surface area contributed by atoms with Crippen molar-refractivity contribution in [2.24, 2.45) is 5.92 Å². The number of carbonyl (C=O) groups is 2. The average Bonchev–Trinajstić information content (AvgIpc) is 2.46. The van der Waals surface area contributed by atoms with Gasteiger partial charge in [0.25, 0.3) is 0 Å². The van der Waals surface area contributed by atoms with Crippen LogP contribution in [0.25, 0.3) is 0 Å². The number of carbonyl (C=O) groups excluding carboxylic acids is 2. The van der Waals surface area contributed by atoms with E-state index in [2.05, 4.69) is 26.1 Å². The van der Waals surface area contributed by atoms with E-state index in [0.29, 0.717) is 18.4 Å². The summed E-state index contributed by atoms with van der Waals surface area (Å²) in [5.74, 6) is 0.753. The molecule has 0 radical (unpaired) electrons. The van der Waals surface area contributed by atoms with Gasteiger partial charge in [-0.3, -0.25) is 9.59 Å². The number of nitrogens with one attached hydrogen (secondary N) is 1. The minimum Gasteiger partial charge on any atom is -0.370 e. The Kier molecular flexibility index (Phi) is 4.02. The molecule has 3 rings (SSSR count). The molecule has 1 aromatic carbocycles. The fourth-order valence-corrected chi connectivity index (χ4v) is 3.74. The number of rotatable bonds is 2. The third-order valence-corrected chi connectivity index (χ3v) is 5.00. The number of Topliss-reactive ketones (excluding diaryl/α,β-unsaturated/α-hetero) is 1. The van der Waals surface area contributed by atoms with E-state index in [0.717, 1.165) is 41.7 Å². The van der Waals surface area contributed by atoms with Crippen molar-refractivity contribution in [2.75, 3.05) is 18.0 Å². The van der Waals surface area contributed by atoms with Gasteiger partial charge in [0.2, 0.25) is 5.91 Å². The Labute approximate surface area is 133 Å². The summed E-state index contributed by atoms with van der Waals surface area (Å²) in [7, 11) is 0. The van der Waals surface area contributed by atoms with E-state index in [-0.39, 0.29) is 11.7 Å². The van der Waals surface area contributed by atoms with Gasteiger partial charge in [-0.05, 0) is 43.9 Å². The topological polar surface area (TPSA) is 49.4 Å². The fourth-order valence-electron chi connectivity index (χ4n) is 3.39. The van der Waals surface area contributed by atoms with Crippen LogP contribution in [0.5, 0.6) is 0 Å². The molecule has 0 aromatic heterocycles. The second kappa shape index (κ2) is 5.79. The quantitative estimate of drug-likeness (QED) is 0.834. The molecule has 4 nitrogen and oxygen atoms in total. The molecule has 2 heterocycles. The lowest BCUT2D eigenvalue weighted by molar-refractivity contribution is -0.124. The van der Waals surface area contributed by atoms with Crippen LogP contribution in [-0.4, -0.2) is 30.8 Å². The molecular formula is C16H19BrN2O2. The van der Waals surface area contributed by atoms with Crippen molar-refractivity contribution in [2.45, 2.75) is 32.2 Å². The van der Waals surface area contributed by atoms with Gasteiger partial charge in [0, 0.05) is 41.3 Å². The number of anilines is 1. The number of hydrogen-bond donors (Lipinski definition) is 1. The van der Waals surface area contributed by atoms with Crippen LogP contribution < -0.4 is 10.2 Å². The van der Waals surface area contributed by atoms with Gasteiger partial charge in [-0.1, -0.05) is 15.9 Å². The lowest BCUT2D eigenvalue weighted by Crippen LogP contribution is -2.54. The van der Waals surface area contributed by atoms with Crippen molar-refractivity contribution < 1.29 is 9.59 Å². The molecule has 2 unspecified atom stereocenters. The second-order valence-corrected chi connectivity index (χ2v) is 6.84. The summed E-state index contributed by atoms with van der Waals surface area (Å²) in [5, 5.41) is 3.10. The maximum Gasteiger partial charge on any atom is 0.220 e. The Balaban J connectivity index is 1.84. The molecule has 2 fully saturated rings. The van der Waals surface area contributed by atoms with Gasteiger partial charge in [-0.2, -0.15) is 0 Å². The van der Waals surface area contributed by atoms with E-state index in [1.165, 1.54) is 0 Å². The van der Waals surface area contributed by atoms with Crippen molar-refractivity contribution >= 4 is 33.3 Å². The van der Waals surface area contributed by atoms with Gasteiger partial charge in [-0.25, -0.2) is 0 Å². The maximum atomic E-state index is 11.8. The first-order valence-corrected chi connectivity index (χ1v) is 8.18. The van der Waals surface area contributed by atoms with Crippen molar-refractivity contribution in [3.8, 4) is 0 Å². The number of nitrogens with zero attached hydrogens (tertiary/aromatic N) is 1. The number of fused-ring (bicyclic) bond motifs is 1. The highest BCUT2D eigenvalue weighted by Crippen LogP contribution is 2.32. The van der Waals surface area contributed by atoms with Crippen LogP contribution in [-0.2, 0) is 4.79 Å². The largest absolute Gasteiger partial charge is 0.370 e. The highest BCUT2D eigenvalue weighted by Gasteiger charge is 2.34. The van der Waals surface area contributed by atoms with Crippen molar-refractivity contribution in [3.05, 3.63) is 28.2 Å². The first-order valence-electron chi connectivity index (χ1n) is 7.39. The van der Waals surface area contributed by atoms with Crippen molar-refractivity contribution in [1.29, 1.82) is 0 Å². The van der Waals surface area contributed by atoms with Gasteiger partial charge in [0.05, 0.1) is 0 Å². The van der Waals surface area contributed by atoms with Crippen LogP contribution >= 0.6 is 15.9 Å². The normalized spacial score (nSPS) is 25.2. The minimum absolute atomic E-state index is 0.0940. The molecule has 2 saturated heterocycles. The standard InChI is InChI=1S/C16H19BrN2O2/c1-10(20)13-4-3-12(17)8-15(13)19-7-6-14-11(9-19)2-5-16(21)18-14/h3-4,8,11,14H,2,5-7,9H2,1H3,(H,18,21). The maximum absolute atomic E-state index is 11.8. The molecule has 0 saturated carbocycles. The average molecular weight is 351 g/mol. The van der Waals surface area contributed by atoms with Crippen LogP contribution in [0, 0.1) is 5.92 Å². The Hall–Kier alpha value is -1.36. The number of benzene rings is 1. The summed E-state index contributed by atoms with van der Waals surface area (Å²) in [5.41, 5.74) is 1.78. The first-order chi connectivity index (χ1) is 10.0. The number of halogens is 1. The van der Waals surface area contributed by atoms with Gasteiger partial charge in [0.15, 0.2) is 5.78 Å². The molecule has 2 atom stereocenters. The summed E-state index contributed by atoms with van der Waals surface area (Å²) in [6.45, 7) is 3.39. The summed E-state index contributed by atoms with van der Waals surface area (Å²) in [6, 6.07) is 6.12. The van der Waals surface area contributed by atoms with Crippen molar-refractivity contribution in [3.63, 3.8) is 0 Å². The first kappa shape index (κ1) is 14.6. The SMILES string of the molecule is CC(=O)c1ccc(Br)cc1N1CCC2NC(=O)CCC2C1. The Morgan fingerprint density at radius 1 is 1.38 bits per heavy atom. The highest BCUT2D eigenvalue weighted by molar-refractivity contribution is 9.10. The monoisotopic (exact) mass is 350 g/mol. The molecule has 112 valence electrons. The number of hydrogen-bond acceptors (Lipinski definition) is 3. The van der Waals surface area contributed by atoms with E-state index >= 15 is 0 Å². The molecule has 2 aliphatic heterocycles. The van der Waals surface area contributed by atoms with Crippen LogP contribution in [0.2, 0.25) is 0 Å². The highest BCUT2D eigenvalue weighted by atomic mass is 79.9. The Morgan fingerprint density at radius 3 is 2.95 bits per heavy atom. The number of amides is 1. The Bertz CT molecular complexity index is 588. The molecule has 0 spiro atoms. The molecule has 21 heavy (non-hydrogen) atoms. The van der Waals surface area contributed by atoms with Gasteiger partial charge < -0.3 is 10.2 Å². The summed E-state index contributed by atoms with van der Waals surface area (Å²) < 4.78 is 0.988. The molecule has 2 aliphatic rings. The zero-order chi connectivity index (χ0) is 15.0. The second-order valence-electron chi connectivity index (χ2n) is 5.93. The zero-order valence-corrected chi connectivity index (χ0v) is 13.6. The third-order valence-electron chi connectivity index (χ3n) is 4.50. The van der Waals surface area contributed by atoms with Crippen LogP contribution in [0.3, 0.4) is 0 Å². The van der Waals surface area contributed by atoms with Crippen molar-refractivity contribution in [1.82, 2.24) is 5.32 Å². The smallest absolute Gasteiger partial charge is 0.220 e. The molecule has 0 bridgehead atoms. The van der Waals surface area contributed by atoms with Gasteiger partial charge in [0.1, 0.15) is 0 Å². The number of piperidine rings is 2. The van der Waals surface area contributed by atoms with Crippen LogP contribution in [0.4, 0.5) is 5.69 Å². The predicted molar refractivity (Wildman–Crippen MR) is 85.6 cm³/mol. The third kappa shape index (κ3) is 2.98. The summed E-state index contributed by atoms with van der Waals surface area (Å²) >= 11 is 3.49. The van der Waals surface area contributed by atoms with E-state index in [9.17, 15) is 9.59 Å². The van der Waals surface area contributed by atoms with E-state index < -0.39 is 0 Å². The van der Waals surface area contributed by atoms with E-state index in [4.69, 9.17) is 0 Å².